The van der Waals surface area contributed by atoms with Crippen LogP contribution in [0.4, 0.5) is 11.5 Å². The first-order valence-corrected chi connectivity index (χ1v) is 5.07. The molecule has 3 N–H and O–H groups in total. The third kappa shape index (κ3) is 1.82. The molecule has 2 aromatic heterocycles. The van der Waals surface area contributed by atoms with E-state index in [1.807, 2.05) is 32.2 Å². The largest absolute Gasteiger partial charge is 0.396 e. The monoisotopic (exact) mass is 214 g/mol. The average Bonchev–Trinajstić information content (AvgIpc) is 2.32. The summed E-state index contributed by atoms with van der Waals surface area (Å²) in [6, 6.07) is 5.83. The maximum atomic E-state index is 5.90. The van der Waals surface area contributed by atoms with Crippen LogP contribution in [-0.4, -0.2) is 17.0 Å². The van der Waals surface area contributed by atoms with E-state index in [1.165, 1.54) is 0 Å². The van der Waals surface area contributed by atoms with Crippen molar-refractivity contribution in [3.8, 4) is 11.1 Å². The summed E-state index contributed by atoms with van der Waals surface area (Å²) in [6.07, 6.45) is 3.52. The van der Waals surface area contributed by atoms with Gasteiger partial charge in [-0.25, -0.2) is 4.98 Å². The van der Waals surface area contributed by atoms with Crippen molar-refractivity contribution in [2.24, 2.45) is 0 Å². The van der Waals surface area contributed by atoms with E-state index in [0.29, 0.717) is 5.69 Å². The zero-order valence-electron chi connectivity index (χ0n) is 9.36. The molecule has 0 aliphatic heterocycles. The van der Waals surface area contributed by atoms with Gasteiger partial charge < -0.3 is 11.1 Å². The topological polar surface area (TPSA) is 63.8 Å². The van der Waals surface area contributed by atoms with E-state index in [9.17, 15) is 0 Å². The van der Waals surface area contributed by atoms with Gasteiger partial charge in [-0.3, -0.25) is 4.98 Å². The lowest BCUT2D eigenvalue weighted by Gasteiger charge is -2.10. The van der Waals surface area contributed by atoms with Crippen molar-refractivity contribution < 1.29 is 0 Å². The Morgan fingerprint density at radius 1 is 1.25 bits per heavy atom. The highest BCUT2D eigenvalue weighted by Crippen LogP contribution is 2.27. The molecule has 2 rings (SSSR count). The Kier molecular flexibility index (Phi) is 2.72. The van der Waals surface area contributed by atoms with E-state index in [4.69, 9.17) is 5.73 Å². The minimum atomic E-state index is 0.653. The fraction of sp³-hybridized carbons (Fsp3) is 0.167. The van der Waals surface area contributed by atoms with E-state index >= 15 is 0 Å². The molecule has 0 spiro atoms. The van der Waals surface area contributed by atoms with Gasteiger partial charge in [0, 0.05) is 30.7 Å². The Balaban J connectivity index is 2.55. The lowest BCUT2D eigenvalue weighted by Crippen LogP contribution is -2.01. The van der Waals surface area contributed by atoms with Crippen LogP contribution in [-0.2, 0) is 0 Å². The van der Waals surface area contributed by atoms with Crippen molar-refractivity contribution >= 4 is 11.5 Å². The molecule has 0 saturated heterocycles. The Hall–Kier alpha value is -2.10. The smallest absolute Gasteiger partial charge is 0.149 e. The molecule has 0 radical (unpaired) electrons. The number of pyridine rings is 2. The first-order valence-electron chi connectivity index (χ1n) is 5.07. The molecule has 0 saturated carbocycles. The molecule has 0 fully saturated rings. The van der Waals surface area contributed by atoms with Gasteiger partial charge in [0.2, 0.25) is 0 Å². The van der Waals surface area contributed by atoms with Crippen LogP contribution < -0.4 is 11.1 Å². The van der Waals surface area contributed by atoms with Crippen LogP contribution in [0.25, 0.3) is 11.1 Å². The third-order valence-corrected chi connectivity index (χ3v) is 2.47. The molecule has 0 amide bonds. The van der Waals surface area contributed by atoms with Crippen LogP contribution in [0.15, 0.2) is 30.6 Å². The Labute approximate surface area is 94.5 Å². The Morgan fingerprint density at radius 2 is 1.94 bits per heavy atom. The molecule has 4 heteroatoms. The van der Waals surface area contributed by atoms with E-state index in [-0.39, 0.29) is 0 Å². The zero-order valence-corrected chi connectivity index (χ0v) is 9.36. The SMILES string of the molecule is CNc1nc(C)c(-c2ccncc2)cc1N. The van der Waals surface area contributed by atoms with E-state index in [0.717, 1.165) is 22.6 Å². The maximum Gasteiger partial charge on any atom is 0.149 e. The lowest BCUT2D eigenvalue weighted by molar-refractivity contribution is 1.19. The fourth-order valence-electron chi connectivity index (χ4n) is 1.64. The molecule has 0 atom stereocenters. The molecular weight excluding hydrogens is 200 g/mol. The molecule has 0 aliphatic rings. The molecule has 0 aliphatic carbocycles. The van der Waals surface area contributed by atoms with Crippen molar-refractivity contribution in [3.63, 3.8) is 0 Å². The van der Waals surface area contributed by atoms with Crippen molar-refractivity contribution in [2.45, 2.75) is 6.92 Å². The summed E-state index contributed by atoms with van der Waals surface area (Å²) >= 11 is 0. The van der Waals surface area contributed by atoms with Crippen LogP contribution in [0.1, 0.15) is 5.69 Å². The second-order valence-electron chi connectivity index (χ2n) is 3.55. The maximum absolute atomic E-state index is 5.90. The number of nitrogens with two attached hydrogens (primary N) is 1. The molecule has 2 heterocycles. The van der Waals surface area contributed by atoms with Crippen molar-refractivity contribution in [3.05, 3.63) is 36.3 Å². The molecular formula is C12H14N4. The molecule has 0 bridgehead atoms. The Bertz CT molecular complexity index is 494. The highest BCUT2D eigenvalue weighted by molar-refractivity contribution is 5.74. The highest BCUT2D eigenvalue weighted by atomic mass is 15.0. The van der Waals surface area contributed by atoms with Crippen LogP contribution in [0.2, 0.25) is 0 Å². The first-order chi connectivity index (χ1) is 7.72. The predicted octanol–water partition coefficient (Wildman–Crippen LogP) is 2.08. The average molecular weight is 214 g/mol. The number of nitrogens with one attached hydrogen (secondary N) is 1. The number of nitrogen functional groups attached to an aromatic ring is 1. The summed E-state index contributed by atoms with van der Waals surface area (Å²) in [5.74, 6) is 0.718. The number of anilines is 2. The summed E-state index contributed by atoms with van der Waals surface area (Å²) in [7, 11) is 1.81. The van der Waals surface area contributed by atoms with Gasteiger partial charge in [-0.2, -0.15) is 0 Å². The lowest BCUT2D eigenvalue weighted by atomic mass is 10.1. The van der Waals surface area contributed by atoms with Crippen LogP contribution in [0, 0.1) is 6.92 Å². The summed E-state index contributed by atoms with van der Waals surface area (Å²) < 4.78 is 0. The van der Waals surface area contributed by atoms with Gasteiger partial charge >= 0.3 is 0 Å². The molecule has 4 nitrogen and oxygen atoms in total. The predicted molar refractivity (Wildman–Crippen MR) is 66.2 cm³/mol. The van der Waals surface area contributed by atoms with Crippen LogP contribution in [0.3, 0.4) is 0 Å². The van der Waals surface area contributed by atoms with Gasteiger partial charge in [0.05, 0.1) is 5.69 Å². The minimum Gasteiger partial charge on any atom is -0.396 e. The summed E-state index contributed by atoms with van der Waals surface area (Å²) in [4.78, 5) is 8.40. The van der Waals surface area contributed by atoms with Crippen molar-refractivity contribution in [1.82, 2.24) is 9.97 Å². The number of nitrogens with zero attached hydrogens (tertiary/aromatic N) is 2. The van der Waals surface area contributed by atoms with Crippen molar-refractivity contribution in [2.75, 3.05) is 18.1 Å². The number of aryl methyl sites for hydroxylation is 1. The van der Waals surface area contributed by atoms with Crippen molar-refractivity contribution in [1.29, 1.82) is 0 Å². The summed E-state index contributed by atoms with van der Waals surface area (Å²) in [5.41, 5.74) is 9.62. The second-order valence-corrected chi connectivity index (χ2v) is 3.55. The zero-order chi connectivity index (χ0) is 11.5. The molecule has 0 unspecified atom stereocenters. The normalized spacial score (nSPS) is 10.1. The number of rotatable bonds is 2. The molecule has 16 heavy (non-hydrogen) atoms. The summed E-state index contributed by atoms with van der Waals surface area (Å²) in [6.45, 7) is 1.97. The van der Waals surface area contributed by atoms with Gasteiger partial charge in [0.15, 0.2) is 0 Å². The van der Waals surface area contributed by atoms with Gasteiger partial charge in [-0.1, -0.05) is 0 Å². The standard InChI is InChI=1S/C12H14N4/c1-8-10(9-3-5-15-6-4-9)7-11(13)12(14-2)16-8/h3-7H,13H2,1-2H3,(H,14,16). The highest BCUT2D eigenvalue weighted by Gasteiger charge is 2.07. The molecule has 0 aromatic carbocycles. The molecule has 2 aromatic rings. The second kappa shape index (κ2) is 4.18. The van der Waals surface area contributed by atoms with Crippen LogP contribution in [0.5, 0.6) is 0 Å². The number of hydrogen-bond acceptors (Lipinski definition) is 4. The number of aromatic nitrogens is 2. The van der Waals surface area contributed by atoms with Crippen LogP contribution >= 0.6 is 0 Å². The first kappa shape index (κ1) is 10.4. The van der Waals surface area contributed by atoms with E-state index in [2.05, 4.69) is 15.3 Å². The van der Waals surface area contributed by atoms with Gasteiger partial charge in [-0.05, 0) is 30.7 Å². The Morgan fingerprint density at radius 3 is 2.56 bits per heavy atom. The van der Waals surface area contributed by atoms with Gasteiger partial charge in [0.1, 0.15) is 5.82 Å². The van der Waals surface area contributed by atoms with E-state index in [1.54, 1.807) is 12.4 Å². The number of hydrogen-bond donors (Lipinski definition) is 2. The van der Waals surface area contributed by atoms with E-state index < -0.39 is 0 Å². The molecule has 82 valence electrons. The third-order valence-electron chi connectivity index (χ3n) is 2.47. The summed E-state index contributed by atoms with van der Waals surface area (Å²) in [5, 5.41) is 2.97. The van der Waals surface area contributed by atoms with Gasteiger partial charge in [0.25, 0.3) is 0 Å². The fourth-order valence-corrected chi connectivity index (χ4v) is 1.64. The van der Waals surface area contributed by atoms with Gasteiger partial charge in [-0.15, -0.1) is 0 Å². The minimum absolute atomic E-state index is 0.653. The quantitative estimate of drug-likeness (QED) is 0.803.